The fourth-order valence-corrected chi connectivity index (χ4v) is 5.36. The number of amides is 1. The van der Waals surface area contributed by atoms with Gasteiger partial charge in [0.25, 0.3) is 5.91 Å². The van der Waals surface area contributed by atoms with Crippen LogP contribution in [0.4, 0.5) is 0 Å². The van der Waals surface area contributed by atoms with Crippen molar-refractivity contribution < 1.29 is 22.7 Å². The number of ether oxygens (including phenoxy) is 2. The Labute approximate surface area is 193 Å². The van der Waals surface area contributed by atoms with Crippen LogP contribution in [0.3, 0.4) is 0 Å². The smallest absolute Gasteiger partial charge is 0.253 e. The summed E-state index contributed by atoms with van der Waals surface area (Å²) < 4.78 is 38.7. The zero-order valence-electron chi connectivity index (χ0n) is 18.0. The Balaban J connectivity index is 1.52. The van der Waals surface area contributed by atoms with E-state index in [1.54, 1.807) is 0 Å². The Bertz CT molecular complexity index is 1120. The minimum absolute atomic E-state index is 0.0589. The van der Waals surface area contributed by atoms with Gasteiger partial charge in [-0.25, -0.2) is 8.42 Å². The van der Waals surface area contributed by atoms with Crippen LogP contribution in [0.2, 0.25) is 5.02 Å². The predicted molar refractivity (Wildman–Crippen MR) is 121 cm³/mol. The average molecular weight is 480 g/mol. The highest BCUT2D eigenvalue weighted by molar-refractivity contribution is 7.89. The van der Waals surface area contributed by atoms with Crippen molar-refractivity contribution in [1.82, 2.24) is 14.5 Å². The molecule has 10 heteroatoms. The number of hydrogen-bond acceptors (Lipinski definition) is 6. The van der Waals surface area contributed by atoms with Crippen LogP contribution in [0, 0.1) is 0 Å². The van der Waals surface area contributed by atoms with E-state index >= 15 is 0 Å². The molecule has 32 heavy (non-hydrogen) atoms. The summed E-state index contributed by atoms with van der Waals surface area (Å²) in [6.07, 6.45) is 0. The number of carbonyl (C=O) groups is 1. The zero-order valence-corrected chi connectivity index (χ0v) is 19.6. The maximum Gasteiger partial charge on any atom is 0.253 e. The Morgan fingerprint density at radius 2 is 1.72 bits per heavy atom. The maximum atomic E-state index is 13.1. The molecule has 0 aromatic heterocycles. The maximum absolute atomic E-state index is 13.1. The second kappa shape index (κ2) is 9.27. The van der Waals surface area contributed by atoms with E-state index in [0.29, 0.717) is 50.9 Å². The number of nitrogens with zero attached hydrogens (tertiary/aromatic N) is 2. The summed E-state index contributed by atoms with van der Waals surface area (Å²) in [5.41, 5.74) is 0.950. The third-order valence-electron chi connectivity index (χ3n) is 5.70. The second-order valence-corrected chi connectivity index (χ2v) is 10.3. The molecule has 2 aromatic carbocycles. The lowest BCUT2D eigenvalue weighted by Gasteiger charge is -2.31. The third kappa shape index (κ3) is 4.71. The van der Waals surface area contributed by atoms with E-state index < -0.39 is 15.9 Å². The first kappa shape index (κ1) is 22.8. The Morgan fingerprint density at radius 3 is 2.44 bits per heavy atom. The molecular weight excluding hydrogens is 454 g/mol. The summed E-state index contributed by atoms with van der Waals surface area (Å²) in [4.78, 5) is 15.1. The zero-order chi connectivity index (χ0) is 22.9. The van der Waals surface area contributed by atoms with E-state index in [9.17, 15) is 13.2 Å². The quantitative estimate of drug-likeness (QED) is 0.709. The topological polar surface area (TPSA) is 88.2 Å². The number of hydrogen-bond donors (Lipinski definition) is 1. The third-order valence-corrected chi connectivity index (χ3v) is 7.92. The van der Waals surface area contributed by atoms with Crippen molar-refractivity contribution >= 4 is 27.5 Å². The number of fused-ring (bicyclic) bond motifs is 1. The highest BCUT2D eigenvalue weighted by Crippen LogP contribution is 2.33. The number of rotatable bonds is 5. The van der Waals surface area contributed by atoms with Crippen molar-refractivity contribution in [1.29, 1.82) is 0 Å². The summed E-state index contributed by atoms with van der Waals surface area (Å²) >= 11 is 6.26. The first-order valence-electron chi connectivity index (χ1n) is 10.4. The standard InChI is InChI=1S/C22H26ClN3O5S/c1-15(16-3-6-20-21(13-16)31-12-11-30-20)24-22(27)18-14-17(4-5-19(18)23)32(28,29)26-9-7-25(2)8-10-26/h3-6,13-15H,7-12H2,1-2H3,(H,24,27)/t15-/m1/s1. The first-order valence-corrected chi connectivity index (χ1v) is 12.3. The largest absolute Gasteiger partial charge is 0.486 e. The van der Waals surface area contributed by atoms with Gasteiger partial charge in [0.05, 0.1) is 21.5 Å². The van der Waals surface area contributed by atoms with Crippen LogP contribution in [-0.4, -0.2) is 70.0 Å². The predicted octanol–water partition coefficient (Wildman–Crippen LogP) is 2.54. The van der Waals surface area contributed by atoms with Crippen LogP contribution in [0.5, 0.6) is 11.5 Å². The minimum atomic E-state index is -3.71. The van der Waals surface area contributed by atoms with Crippen LogP contribution in [0.1, 0.15) is 28.9 Å². The lowest BCUT2D eigenvalue weighted by Crippen LogP contribution is -2.47. The van der Waals surface area contributed by atoms with Crippen molar-refractivity contribution in [3.63, 3.8) is 0 Å². The minimum Gasteiger partial charge on any atom is -0.486 e. The molecule has 1 saturated heterocycles. The summed E-state index contributed by atoms with van der Waals surface area (Å²) in [5, 5.41) is 3.08. The lowest BCUT2D eigenvalue weighted by molar-refractivity contribution is 0.0939. The van der Waals surface area contributed by atoms with Crippen molar-refractivity contribution in [3.05, 3.63) is 52.5 Å². The van der Waals surface area contributed by atoms with E-state index in [-0.39, 0.29) is 21.5 Å². The number of nitrogens with one attached hydrogen (secondary N) is 1. The van der Waals surface area contributed by atoms with Gasteiger partial charge in [-0.2, -0.15) is 4.31 Å². The summed E-state index contributed by atoms with van der Waals surface area (Å²) in [6.45, 7) is 4.95. The van der Waals surface area contributed by atoms with Crippen molar-refractivity contribution in [3.8, 4) is 11.5 Å². The number of benzene rings is 2. The van der Waals surface area contributed by atoms with Gasteiger partial charge in [0, 0.05) is 26.2 Å². The number of piperazine rings is 1. The normalized spacial score (nSPS) is 18.2. The molecule has 0 saturated carbocycles. The van der Waals surface area contributed by atoms with Gasteiger partial charge in [0.1, 0.15) is 13.2 Å². The fraction of sp³-hybridized carbons (Fsp3) is 0.409. The van der Waals surface area contributed by atoms with Gasteiger partial charge in [-0.3, -0.25) is 4.79 Å². The van der Waals surface area contributed by atoms with E-state index in [1.807, 2.05) is 32.2 Å². The lowest BCUT2D eigenvalue weighted by atomic mass is 10.1. The van der Waals surface area contributed by atoms with Crippen molar-refractivity contribution in [2.24, 2.45) is 0 Å². The van der Waals surface area contributed by atoms with Gasteiger partial charge in [-0.15, -0.1) is 0 Å². The number of carbonyl (C=O) groups excluding carboxylic acids is 1. The molecule has 8 nitrogen and oxygen atoms in total. The van der Waals surface area contributed by atoms with Crippen LogP contribution in [-0.2, 0) is 10.0 Å². The molecule has 2 aliphatic heterocycles. The van der Waals surface area contributed by atoms with Gasteiger partial charge in [-0.1, -0.05) is 17.7 Å². The van der Waals surface area contributed by atoms with E-state index in [2.05, 4.69) is 10.2 Å². The Hall–Kier alpha value is -2.33. The van der Waals surface area contributed by atoms with Gasteiger partial charge in [-0.05, 0) is 49.9 Å². The fourth-order valence-electron chi connectivity index (χ4n) is 3.70. The van der Waals surface area contributed by atoms with Gasteiger partial charge >= 0.3 is 0 Å². The summed E-state index contributed by atoms with van der Waals surface area (Å²) in [5.74, 6) is 0.851. The molecule has 0 spiro atoms. The molecule has 1 N–H and O–H groups in total. The van der Waals surface area contributed by atoms with Crippen LogP contribution < -0.4 is 14.8 Å². The van der Waals surface area contributed by atoms with Crippen molar-refractivity contribution in [2.45, 2.75) is 17.9 Å². The number of sulfonamides is 1. The molecule has 0 aliphatic carbocycles. The van der Waals surface area contributed by atoms with Gasteiger partial charge in [0.2, 0.25) is 10.0 Å². The molecule has 0 radical (unpaired) electrons. The van der Waals surface area contributed by atoms with Crippen LogP contribution >= 0.6 is 11.6 Å². The van der Waals surface area contributed by atoms with Crippen LogP contribution in [0.25, 0.3) is 0 Å². The number of likely N-dealkylation sites (N-methyl/N-ethyl adjacent to an activating group) is 1. The molecule has 1 fully saturated rings. The Kier molecular flexibility index (Phi) is 6.62. The molecule has 172 valence electrons. The molecule has 1 amide bonds. The molecule has 1 atom stereocenters. The Morgan fingerprint density at radius 1 is 1.03 bits per heavy atom. The molecule has 4 rings (SSSR count). The van der Waals surface area contributed by atoms with E-state index in [1.165, 1.54) is 22.5 Å². The molecule has 2 aliphatic rings. The SMILES string of the molecule is C[C@@H](NC(=O)c1cc(S(=O)(=O)N2CCN(C)CC2)ccc1Cl)c1ccc2c(c1)OCCO2. The van der Waals surface area contributed by atoms with Crippen LogP contribution in [0.15, 0.2) is 41.3 Å². The highest BCUT2D eigenvalue weighted by atomic mass is 35.5. The van der Waals surface area contributed by atoms with E-state index in [0.717, 1.165) is 5.56 Å². The van der Waals surface area contributed by atoms with Crippen molar-refractivity contribution in [2.75, 3.05) is 46.4 Å². The average Bonchev–Trinajstić information content (AvgIpc) is 2.79. The molecule has 0 unspecified atom stereocenters. The van der Waals surface area contributed by atoms with E-state index in [4.69, 9.17) is 21.1 Å². The number of halogens is 1. The van der Waals surface area contributed by atoms with Gasteiger partial charge in [0.15, 0.2) is 11.5 Å². The summed E-state index contributed by atoms with van der Waals surface area (Å²) in [6, 6.07) is 9.38. The molecule has 2 heterocycles. The first-order chi connectivity index (χ1) is 15.3. The monoisotopic (exact) mass is 479 g/mol. The highest BCUT2D eigenvalue weighted by Gasteiger charge is 2.29. The van der Waals surface area contributed by atoms with Gasteiger partial charge < -0.3 is 19.7 Å². The molecule has 0 bridgehead atoms. The summed E-state index contributed by atoms with van der Waals surface area (Å²) in [7, 11) is -1.76. The molecule has 2 aromatic rings. The second-order valence-electron chi connectivity index (χ2n) is 7.95. The molecular formula is C22H26ClN3O5S.